The minimum absolute atomic E-state index is 0.132. The second-order valence-electron chi connectivity index (χ2n) is 4.46. The molecule has 7 heteroatoms. The van der Waals surface area contributed by atoms with Crippen molar-refractivity contribution in [3.05, 3.63) is 38.8 Å². The molecule has 0 aromatic carbocycles. The molecule has 19 heavy (non-hydrogen) atoms. The number of aliphatic hydroxyl groups is 1. The van der Waals surface area contributed by atoms with Gasteiger partial charge in [-0.1, -0.05) is 0 Å². The van der Waals surface area contributed by atoms with Gasteiger partial charge in [0.05, 0.1) is 21.4 Å². The number of hydrogen-bond acceptors (Lipinski definition) is 4. The average Bonchev–Trinajstić information content (AvgIpc) is 2.95. The Balaban J connectivity index is 2.00. The largest absolute Gasteiger partial charge is 0.383 e. The van der Waals surface area contributed by atoms with Crippen LogP contribution in [0.5, 0.6) is 0 Å². The normalized spacial score (nSPS) is 14.1. The number of carbonyl (C=O) groups is 1. The quantitative estimate of drug-likeness (QED) is 0.890. The van der Waals surface area contributed by atoms with Crippen molar-refractivity contribution in [3.8, 4) is 0 Å². The molecule has 2 rings (SSSR count). The fourth-order valence-electron chi connectivity index (χ4n) is 1.58. The highest BCUT2D eigenvalue weighted by Crippen LogP contribution is 2.23. The smallest absolute Gasteiger partial charge is 0.261 e. The molecule has 0 bridgehead atoms. The van der Waals surface area contributed by atoms with Crippen molar-refractivity contribution < 1.29 is 9.90 Å². The Kier molecular flexibility index (Phi) is 4.07. The number of carbonyl (C=O) groups excluding carboxylic acids is 1. The van der Waals surface area contributed by atoms with Crippen LogP contribution < -0.4 is 5.32 Å². The maximum atomic E-state index is 11.9. The molecule has 0 fully saturated rings. The molecule has 0 aliphatic carbocycles. The lowest BCUT2D eigenvalue weighted by Crippen LogP contribution is -2.38. The van der Waals surface area contributed by atoms with Crippen LogP contribution in [0.1, 0.15) is 22.2 Å². The summed E-state index contributed by atoms with van der Waals surface area (Å²) >= 11 is 4.66. The van der Waals surface area contributed by atoms with Crippen molar-refractivity contribution in [2.45, 2.75) is 12.5 Å². The first-order valence-electron chi connectivity index (χ1n) is 5.63. The fraction of sp³-hybridized carbons (Fsp3) is 0.333. The lowest BCUT2D eigenvalue weighted by Gasteiger charge is -2.22. The van der Waals surface area contributed by atoms with Gasteiger partial charge in [0.2, 0.25) is 0 Å². The molecule has 0 radical (unpaired) electrons. The number of halogens is 1. The SMILES string of the molecule is Cn1cc([C@](C)(O)CNC(=O)c2ccc(Br)s2)cn1. The van der Waals surface area contributed by atoms with Gasteiger partial charge in [-0.25, -0.2) is 0 Å². The van der Waals surface area contributed by atoms with Crippen LogP contribution in [0.3, 0.4) is 0 Å². The zero-order valence-electron chi connectivity index (χ0n) is 10.6. The average molecular weight is 344 g/mol. The Morgan fingerprint density at radius 2 is 2.37 bits per heavy atom. The Labute approximate surface area is 123 Å². The predicted molar refractivity (Wildman–Crippen MR) is 77.1 cm³/mol. The van der Waals surface area contributed by atoms with Gasteiger partial charge in [-0.05, 0) is 35.0 Å². The second-order valence-corrected chi connectivity index (χ2v) is 6.93. The highest BCUT2D eigenvalue weighted by molar-refractivity contribution is 9.11. The molecule has 5 nitrogen and oxygen atoms in total. The molecule has 2 heterocycles. The Hall–Kier alpha value is -1.18. The minimum Gasteiger partial charge on any atom is -0.383 e. The lowest BCUT2D eigenvalue weighted by molar-refractivity contribution is 0.0527. The molecule has 0 aliphatic rings. The summed E-state index contributed by atoms with van der Waals surface area (Å²) in [4.78, 5) is 12.5. The van der Waals surface area contributed by atoms with E-state index in [9.17, 15) is 9.90 Å². The molecule has 0 aliphatic heterocycles. The van der Waals surface area contributed by atoms with Gasteiger partial charge < -0.3 is 10.4 Å². The standard InChI is InChI=1S/C12H14BrN3O2S/c1-12(18,8-5-15-16(2)6-8)7-14-11(17)9-3-4-10(13)19-9/h3-6,18H,7H2,1-2H3,(H,14,17)/t12-/m1/s1. The molecular weight excluding hydrogens is 330 g/mol. The molecule has 102 valence electrons. The van der Waals surface area contributed by atoms with E-state index in [2.05, 4.69) is 26.3 Å². The molecule has 2 aromatic rings. The Bertz CT molecular complexity index is 591. The van der Waals surface area contributed by atoms with Crippen molar-refractivity contribution >= 4 is 33.2 Å². The van der Waals surface area contributed by atoms with Crippen molar-refractivity contribution in [2.75, 3.05) is 6.54 Å². The van der Waals surface area contributed by atoms with Gasteiger partial charge in [0, 0.05) is 18.8 Å². The van der Waals surface area contributed by atoms with Crippen LogP contribution in [0.4, 0.5) is 0 Å². The van der Waals surface area contributed by atoms with Gasteiger partial charge in [0.1, 0.15) is 5.60 Å². The van der Waals surface area contributed by atoms with E-state index in [4.69, 9.17) is 0 Å². The Morgan fingerprint density at radius 3 is 2.89 bits per heavy atom. The maximum Gasteiger partial charge on any atom is 0.261 e. The van der Waals surface area contributed by atoms with Crippen LogP contribution in [-0.4, -0.2) is 27.3 Å². The van der Waals surface area contributed by atoms with Crippen molar-refractivity contribution in [3.63, 3.8) is 0 Å². The van der Waals surface area contributed by atoms with Crippen LogP contribution in [0.15, 0.2) is 28.3 Å². The number of nitrogens with zero attached hydrogens (tertiary/aromatic N) is 2. The first-order valence-corrected chi connectivity index (χ1v) is 7.24. The number of thiophene rings is 1. The van der Waals surface area contributed by atoms with Gasteiger partial charge >= 0.3 is 0 Å². The van der Waals surface area contributed by atoms with E-state index < -0.39 is 5.60 Å². The summed E-state index contributed by atoms with van der Waals surface area (Å²) in [7, 11) is 1.78. The van der Waals surface area contributed by atoms with Crippen molar-refractivity contribution in [2.24, 2.45) is 7.05 Å². The summed E-state index contributed by atoms with van der Waals surface area (Å²) in [6.45, 7) is 1.78. The van der Waals surface area contributed by atoms with Crippen LogP contribution in [0, 0.1) is 0 Å². The predicted octanol–water partition coefficient (Wildman–Crippen LogP) is 1.88. The van der Waals surface area contributed by atoms with Gasteiger partial charge in [-0.3, -0.25) is 9.48 Å². The number of aryl methyl sites for hydroxylation is 1. The summed E-state index contributed by atoms with van der Waals surface area (Å²) < 4.78 is 2.51. The number of aromatic nitrogens is 2. The van der Waals surface area contributed by atoms with E-state index in [0.29, 0.717) is 10.4 Å². The molecule has 1 atom stereocenters. The molecule has 2 aromatic heterocycles. The highest BCUT2D eigenvalue weighted by Gasteiger charge is 2.25. The van der Waals surface area contributed by atoms with Gasteiger partial charge in [0.15, 0.2) is 0 Å². The number of amides is 1. The topological polar surface area (TPSA) is 67.2 Å². The first-order chi connectivity index (χ1) is 8.88. The molecule has 2 N–H and O–H groups in total. The molecule has 1 amide bonds. The number of hydrogen-bond donors (Lipinski definition) is 2. The zero-order chi connectivity index (χ0) is 14.0. The van der Waals surface area contributed by atoms with E-state index in [1.807, 2.05) is 6.07 Å². The minimum atomic E-state index is -1.14. The fourth-order valence-corrected chi connectivity index (χ4v) is 2.88. The van der Waals surface area contributed by atoms with Crippen LogP contribution in [0.2, 0.25) is 0 Å². The summed E-state index contributed by atoms with van der Waals surface area (Å²) in [6, 6.07) is 3.56. The monoisotopic (exact) mass is 343 g/mol. The summed E-state index contributed by atoms with van der Waals surface area (Å²) in [6.07, 6.45) is 3.32. The van der Waals surface area contributed by atoms with E-state index in [1.54, 1.807) is 37.1 Å². The Morgan fingerprint density at radius 1 is 1.63 bits per heavy atom. The van der Waals surface area contributed by atoms with Crippen molar-refractivity contribution in [1.29, 1.82) is 0 Å². The van der Waals surface area contributed by atoms with Gasteiger partial charge in [-0.2, -0.15) is 5.10 Å². The summed E-state index contributed by atoms with van der Waals surface area (Å²) in [5, 5.41) is 17.1. The molecule has 0 saturated carbocycles. The lowest BCUT2D eigenvalue weighted by atomic mass is 10.00. The second kappa shape index (κ2) is 5.44. The van der Waals surface area contributed by atoms with E-state index in [-0.39, 0.29) is 12.5 Å². The van der Waals surface area contributed by atoms with Crippen LogP contribution in [0.25, 0.3) is 0 Å². The van der Waals surface area contributed by atoms with Crippen LogP contribution in [-0.2, 0) is 12.6 Å². The number of nitrogens with one attached hydrogen (secondary N) is 1. The van der Waals surface area contributed by atoms with Gasteiger partial charge in [-0.15, -0.1) is 11.3 Å². The third-order valence-corrected chi connectivity index (χ3v) is 4.34. The van der Waals surface area contributed by atoms with E-state index in [1.165, 1.54) is 11.3 Å². The summed E-state index contributed by atoms with van der Waals surface area (Å²) in [5.74, 6) is -0.195. The molecule has 0 unspecified atom stereocenters. The maximum absolute atomic E-state index is 11.9. The number of rotatable bonds is 4. The third kappa shape index (κ3) is 3.43. The van der Waals surface area contributed by atoms with Gasteiger partial charge in [0.25, 0.3) is 5.91 Å². The zero-order valence-corrected chi connectivity index (χ0v) is 13.0. The molecule has 0 saturated heterocycles. The third-order valence-electron chi connectivity index (χ3n) is 2.72. The van der Waals surface area contributed by atoms with Crippen LogP contribution >= 0.6 is 27.3 Å². The van der Waals surface area contributed by atoms with Crippen molar-refractivity contribution in [1.82, 2.24) is 15.1 Å². The van der Waals surface area contributed by atoms with E-state index in [0.717, 1.165) is 3.79 Å². The highest BCUT2D eigenvalue weighted by atomic mass is 79.9. The molecule has 0 spiro atoms. The summed E-state index contributed by atoms with van der Waals surface area (Å²) in [5.41, 5.74) is -0.471. The first kappa shape index (κ1) is 14.2. The molecular formula is C12H14BrN3O2S. The van der Waals surface area contributed by atoms with E-state index >= 15 is 0 Å².